The zero-order chi connectivity index (χ0) is 22.3. The van der Waals surface area contributed by atoms with Crippen LogP contribution < -0.4 is 0 Å². The SMILES string of the molecule is OCc1cccc(-c2[c-]cc(F)cc2F)n1.[Ir].[c-]1c(-n2cccn2)cccc1-n1cccn1. The molecule has 3 heterocycles. The van der Waals surface area contributed by atoms with E-state index in [0.717, 1.165) is 23.5 Å². The summed E-state index contributed by atoms with van der Waals surface area (Å²) in [6.07, 6.45) is 7.26. The number of hydrogen-bond acceptors (Lipinski definition) is 4. The smallest absolute Gasteiger partial charge is 0.0843 e. The van der Waals surface area contributed by atoms with Crippen LogP contribution in [0.1, 0.15) is 5.69 Å². The molecule has 0 aliphatic heterocycles. The molecule has 0 unspecified atom stereocenters. The molecule has 0 amide bonds. The third-order valence-electron chi connectivity index (χ3n) is 4.35. The molecule has 0 aliphatic carbocycles. The quantitative estimate of drug-likeness (QED) is 0.306. The average molecular weight is 622 g/mol. The molecular weight excluding hydrogens is 605 g/mol. The van der Waals surface area contributed by atoms with E-state index in [4.69, 9.17) is 5.11 Å². The van der Waals surface area contributed by atoms with Gasteiger partial charge in [0.1, 0.15) is 0 Å². The zero-order valence-electron chi connectivity index (χ0n) is 17.1. The number of hydrogen-bond donors (Lipinski definition) is 1. The molecule has 6 nitrogen and oxygen atoms in total. The molecule has 0 saturated heterocycles. The van der Waals surface area contributed by atoms with Gasteiger partial charge in [0.2, 0.25) is 0 Å². The predicted octanol–water partition coefficient (Wildman–Crippen LogP) is 4.17. The fraction of sp³-hybridized carbons (Fsp3) is 0.0417. The van der Waals surface area contributed by atoms with Crippen LogP contribution in [0.5, 0.6) is 0 Å². The Balaban J connectivity index is 0.000000180. The maximum atomic E-state index is 13.4. The van der Waals surface area contributed by atoms with Gasteiger partial charge in [-0.25, -0.2) is 0 Å². The number of rotatable bonds is 4. The van der Waals surface area contributed by atoms with Crippen molar-refractivity contribution in [3.8, 4) is 22.6 Å². The Morgan fingerprint density at radius 3 is 2.06 bits per heavy atom. The minimum atomic E-state index is -0.720. The number of nitrogens with zero attached hydrogens (tertiary/aromatic N) is 5. The normalized spacial score (nSPS) is 10.2. The second-order valence-corrected chi connectivity index (χ2v) is 6.54. The van der Waals surface area contributed by atoms with Gasteiger partial charge in [-0.2, -0.15) is 16.3 Å². The minimum Gasteiger partial charge on any atom is -0.390 e. The standard InChI is InChI=1S/C12H8F2NO.C12H9N4.Ir/c13-8-4-5-10(11(14)6-8)12-3-1-2-9(7-16)15-12;1-4-11(15-8-2-6-13-15)10-12(5-1)16-9-3-7-14-16;/h1-4,6,16H,7H2;1-9H;/q2*-1;. The molecule has 5 aromatic rings. The number of aromatic nitrogens is 5. The van der Waals surface area contributed by atoms with Crippen molar-refractivity contribution in [2.75, 3.05) is 0 Å². The molecule has 0 saturated carbocycles. The monoisotopic (exact) mass is 622 g/mol. The van der Waals surface area contributed by atoms with E-state index in [9.17, 15) is 8.78 Å². The summed E-state index contributed by atoms with van der Waals surface area (Å²) in [6, 6.07) is 22.0. The third kappa shape index (κ3) is 6.04. The Hall–Kier alpha value is -3.52. The fourth-order valence-electron chi connectivity index (χ4n) is 2.88. The van der Waals surface area contributed by atoms with Gasteiger partial charge in [-0.1, -0.05) is 23.8 Å². The van der Waals surface area contributed by atoms with E-state index in [1.54, 1.807) is 40.0 Å². The van der Waals surface area contributed by atoms with Crippen LogP contribution in [-0.2, 0) is 26.7 Å². The Morgan fingerprint density at radius 1 is 0.879 bits per heavy atom. The molecule has 9 heteroatoms. The van der Waals surface area contributed by atoms with Crippen LogP contribution in [0.4, 0.5) is 8.78 Å². The topological polar surface area (TPSA) is 68.8 Å². The van der Waals surface area contributed by atoms with Crippen molar-refractivity contribution < 1.29 is 34.0 Å². The molecule has 1 radical (unpaired) electrons. The summed E-state index contributed by atoms with van der Waals surface area (Å²) >= 11 is 0. The van der Waals surface area contributed by atoms with Crippen LogP contribution in [0.2, 0.25) is 0 Å². The molecule has 3 aromatic heterocycles. The first-order valence-corrected chi connectivity index (χ1v) is 9.60. The van der Waals surface area contributed by atoms with Crippen molar-refractivity contribution in [3.05, 3.63) is 115 Å². The average Bonchev–Trinajstić information content (AvgIpc) is 3.54. The van der Waals surface area contributed by atoms with Crippen molar-refractivity contribution in [1.29, 1.82) is 0 Å². The number of aliphatic hydroxyl groups excluding tert-OH is 1. The Morgan fingerprint density at radius 2 is 1.52 bits per heavy atom. The van der Waals surface area contributed by atoms with Gasteiger partial charge in [-0.3, -0.25) is 23.1 Å². The van der Waals surface area contributed by atoms with Crippen LogP contribution in [-0.4, -0.2) is 29.7 Å². The van der Waals surface area contributed by atoms with Crippen molar-refractivity contribution in [2.24, 2.45) is 0 Å². The zero-order valence-corrected chi connectivity index (χ0v) is 19.5. The van der Waals surface area contributed by atoms with Gasteiger partial charge in [-0.05, 0) is 35.3 Å². The van der Waals surface area contributed by atoms with Crippen molar-refractivity contribution in [3.63, 3.8) is 0 Å². The summed E-state index contributed by atoms with van der Waals surface area (Å²) in [5, 5.41) is 17.2. The van der Waals surface area contributed by atoms with E-state index in [0.29, 0.717) is 11.4 Å². The van der Waals surface area contributed by atoms with Crippen LogP contribution in [0.15, 0.2) is 85.5 Å². The van der Waals surface area contributed by atoms with Crippen molar-refractivity contribution >= 4 is 0 Å². The second kappa shape index (κ2) is 11.4. The number of halogens is 2. The van der Waals surface area contributed by atoms with E-state index in [-0.39, 0.29) is 32.3 Å². The summed E-state index contributed by atoms with van der Waals surface area (Å²) < 4.78 is 29.6. The molecule has 0 aliphatic rings. The van der Waals surface area contributed by atoms with E-state index < -0.39 is 11.6 Å². The molecular formula is C24H17F2IrN5O-2. The molecule has 0 spiro atoms. The molecule has 1 N–H and O–H groups in total. The number of aliphatic hydroxyl groups is 1. The number of pyridine rings is 1. The van der Waals surface area contributed by atoms with Gasteiger partial charge in [0, 0.05) is 56.5 Å². The Labute approximate surface area is 202 Å². The Bertz CT molecular complexity index is 1240. The van der Waals surface area contributed by atoms with Gasteiger partial charge in [0.25, 0.3) is 0 Å². The molecule has 33 heavy (non-hydrogen) atoms. The van der Waals surface area contributed by atoms with Gasteiger partial charge in [0.05, 0.1) is 12.3 Å². The van der Waals surface area contributed by atoms with Crippen LogP contribution in [0.25, 0.3) is 22.6 Å². The third-order valence-corrected chi connectivity index (χ3v) is 4.35. The summed E-state index contributed by atoms with van der Waals surface area (Å²) in [5.74, 6) is -1.40. The van der Waals surface area contributed by atoms with E-state index in [2.05, 4.69) is 27.3 Å². The molecule has 0 fully saturated rings. The van der Waals surface area contributed by atoms with Crippen molar-refractivity contribution in [1.82, 2.24) is 24.5 Å². The van der Waals surface area contributed by atoms with Gasteiger partial charge in [-0.15, -0.1) is 30.3 Å². The minimum absolute atomic E-state index is 0. The molecule has 0 bridgehead atoms. The summed E-state index contributed by atoms with van der Waals surface area (Å²) in [5.41, 5.74) is 2.64. The second-order valence-electron chi connectivity index (χ2n) is 6.54. The van der Waals surface area contributed by atoms with Crippen LogP contribution in [0, 0.1) is 23.8 Å². The maximum absolute atomic E-state index is 13.4. The van der Waals surface area contributed by atoms with Gasteiger partial charge in [0.15, 0.2) is 0 Å². The molecule has 5 rings (SSSR count). The maximum Gasteiger partial charge on any atom is 0.0843 e. The van der Waals surface area contributed by atoms with E-state index in [1.165, 1.54) is 0 Å². The fourth-order valence-corrected chi connectivity index (χ4v) is 2.88. The number of benzene rings is 2. The summed E-state index contributed by atoms with van der Waals surface area (Å²) in [6.45, 7) is -0.226. The molecule has 0 atom stereocenters. The largest absolute Gasteiger partial charge is 0.390 e. The summed E-state index contributed by atoms with van der Waals surface area (Å²) in [4.78, 5) is 4.01. The van der Waals surface area contributed by atoms with Gasteiger partial charge < -0.3 is 5.11 Å². The summed E-state index contributed by atoms with van der Waals surface area (Å²) in [7, 11) is 0. The molecule has 169 valence electrons. The Kier molecular flexibility index (Phi) is 8.32. The van der Waals surface area contributed by atoms with Crippen LogP contribution >= 0.6 is 0 Å². The van der Waals surface area contributed by atoms with E-state index in [1.807, 2.05) is 42.7 Å². The first kappa shape index (κ1) is 24.1. The molecule has 2 aromatic carbocycles. The van der Waals surface area contributed by atoms with Crippen molar-refractivity contribution in [2.45, 2.75) is 6.61 Å². The van der Waals surface area contributed by atoms with E-state index >= 15 is 0 Å². The first-order valence-electron chi connectivity index (χ1n) is 9.60. The van der Waals surface area contributed by atoms with Gasteiger partial charge >= 0.3 is 0 Å². The predicted molar refractivity (Wildman–Crippen MR) is 114 cm³/mol. The van der Waals surface area contributed by atoms with Crippen LogP contribution in [0.3, 0.4) is 0 Å². The first-order chi connectivity index (χ1) is 15.6.